The Hall–Kier alpha value is 0.744. The van der Waals surface area contributed by atoms with Crippen molar-refractivity contribution in [3.8, 4) is 0 Å². The third-order valence-corrected chi connectivity index (χ3v) is 16.0. The van der Waals surface area contributed by atoms with Crippen LogP contribution in [0.15, 0.2) is 0 Å². The van der Waals surface area contributed by atoms with Crippen molar-refractivity contribution in [2.24, 2.45) is 0 Å². The summed E-state index contributed by atoms with van der Waals surface area (Å²) in [6.45, 7) is 17.4. The molecule has 1 aliphatic rings. The van der Waals surface area contributed by atoms with Gasteiger partial charge in [-0.3, -0.25) is 9.34 Å². The Morgan fingerprint density at radius 1 is 0.812 bits per heavy atom. The van der Waals surface area contributed by atoms with Gasteiger partial charge >= 0.3 is 0 Å². The number of rotatable bonds is 3. The van der Waals surface area contributed by atoms with E-state index in [1.54, 1.807) is 0 Å². The molecule has 0 unspecified atom stereocenters. The summed E-state index contributed by atoms with van der Waals surface area (Å²) < 4.78 is 8.10. The predicted molar refractivity (Wildman–Crippen MR) is 80.7 cm³/mol. The molecule has 0 aromatic carbocycles. The fourth-order valence-electron chi connectivity index (χ4n) is 2.58. The smallest absolute Gasteiger partial charge is 0.118 e. The van der Waals surface area contributed by atoms with Crippen LogP contribution in [0.25, 0.3) is 0 Å². The molecule has 0 N–H and O–H groups in total. The van der Waals surface area contributed by atoms with Crippen LogP contribution in [0.5, 0.6) is 0 Å². The lowest BCUT2D eigenvalue weighted by molar-refractivity contribution is 0.553. The van der Waals surface area contributed by atoms with Gasteiger partial charge in [0.25, 0.3) is 0 Å². The number of hydrogen-bond acceptors (Lipinski definition) is 3. The molecule has 16 heavy (non-hydrogen) atoms. The zero-order chi connectivity index (χ0) is 12.7. The zero-order valence-electron chi connectivity index (χ0n) is 12.2. The first-order valence-electron chi connectivity index (χ1n) is 6.07. The van der Waals surface area contributed by atoms with Crippen LogP contribution >= 0.6 is 8.37 Å². The van der Waals surface area contributed by atoms with Gasteiger partial charge in [0.1, 0.15) is 24.8 Å². The second kappa shape index (κ2) is 4.78. The summed E-state index contributed by atoms with van der Waals surface area (Å²) >= 11 is 0. The van der Waals surface area contributed by atoms with Gasteiger partial charge in [0.15, 0.2) is 0 Å². The molecule has 1 saturated heterocycles. The van der Waals surface area contributed by atoms with Gasteiger partial charge in [0.2, 0.25) is 0 Å². The van der Waals surface area contributed by atoms with E-state index in [2.05, 4.69) is 66.7 Å². The van der Waals surface area contributed by atoms with Crippen LogP contribution in [-0.4, -0.2) is 57.0 Å². The normalized spacial score (nSPS) is 22.3. The van der Waals surface area contributed by atoms with Crippen molar-refractivity contribution in [1.29, 1.82) is 0 Å². The first-order chi connectivity index (χ1) is 7.05. The van der Waals surface area contributed by atoms with Gasteiger partial charge in [-0.15, -0.1) is 0 Å². The van der Waals surface area contributed by atoms with Crippen LogP contribution in [0.4, 0.5) is 0 Å². The highest BCUT2D eigenvalue weighted by Gasteiger charge is 2.44. The molecule has 0 saturated carbocycles. The van der Waals surface area contributed by atoms with Gasteiger partial charge in [0, 0.05) is 13.1 Å². The van der Waals surface area contributed by atoms with Gasteiger partial charge in [-0.2, -0.15) is 0 Å². The Morgan fingerprint density at radius 2 is 1.12 bits per heavy atom. The SMILES string of the molecule is CN1CCN(C)P1N([Si](C)(C)C)[Si](C)(C)C. The molecule has 0 aromatic rings. The molecule has 0 atom stereocenters. The van der Waals surface area contributed by atoms with Gasteiger partial charge < -0.3 is 4.00 Å². The molecule has 6 heteroatoms. The Balaban J connectivity index is 3.02. The molecular formula is C10H28N3PSi2. The Morgan fingerprint density at radius 3 is 1.38 bits per heavy atom. The maximum atomic E-state index is 2.95. The van der Waals surface area contributed by atoms with Crippen molar-refractivity contribution in [3.05, 3.63) is 0 Å². The Bertz CT molecular complexity index is 225. The fraction of sp³-hybridized carbons (Fsp3) is 1.00. The fourth-order valence-corrected chi connectivity index (χ4v) is 18.4. The van der Waals surface area contributed by atoms with Crippen LogP contribution in [0, 0.1) is 0 Å². The number of likely N-dealkylation sites (N-methyl/N-ethyl adjacent to an activating group) is 2. The van der Waals surface area contributed by atoms with Gasteiger partial charge in [-0.05, 0) is 14.1 Å². The maximum Gasteiger partial charge on any atom is 0.118 e. The Labute approximate surface area is 105 Å². The minimum absolute atomic E-state index is 0.184. The Kier molecular flexibility index (Phi) is 4.43. The molecule has 1 aliphatic heterocycles. The maximum absolute atomic E-state index is 2.95. The highest BCUT2D eigenvalue weighted by Crippen LogP contribution is 2.54. The van der Waals surface area contributed by atoms with Crippen LogP contribution in [0.2, 0.25) is 39.3 Å². The van der Waals surface area contributed by atoms with Crippen LogP contribution < -0.4 is 0 Å². The molecule has 1 heterocycles. The zero-order valence-corrected chi connectivity index (χ0v) is 15.1. The summed E-state index contributed by atoms with van der Waals surface area (Å²) in [5, 5.41) is 0. The first kappa shape index (κ1) is 14.8. The summed E-state index contributed by atoms with van der Waals surface area (Å²) in [4.78, 5) is 0. The van der Waals surface area contributed by atoms with E-state index in [1.165, 1.54) is 13.1 Å². The predicted octanol–water partition coefficient (Wildman–Crippen LogP) is 3.06. The third-order valence-electron chi connectivity index (χ3n) is 2.81. The second-order valence-electron chi connectivity index (χ2n) is 6.68. The van der Waals surface area contributed by atoms with E-state index in [0.29, 0.717) is 0 Å². The lowest BCUT2D eigenvalue weighted by Crippen LogP contribution is -2.57. The van der Waals surface area contributed by atoms with Crippen molar-refractivity contribution in [3.63, 3.8) is 0 Å². The van der Waals surface area contributed by atoms with E-state index >= 15 is 0 Å². The molecular weight excluding hydrogens is 249 g/mol. The molecule has 3 nitrogen and oxygen atoms in total. The monoisotopic (exact) mass is 277 g/mol. The highest BCUT2D eigenvalue weighted by atomic mass is 31.2. The lowest BCUT2D eigenvalue weighted by atomic mass is 10.6. The van der Waals surface area contributed by atoms with Crippen molar-refractivity contribution in [2.45, 2.75) is 39.3 Å². The van der Waals surface area contributed by atoms with Crippen molar-refractivity contribution in [2.75, 3.05) is 27.2 Å². The van der Waals surface area contributed by atoms with Crippen LogP contribution in [-0.2, 0) is 0 Å². The van der Waals surface area contributed by atoms with E-state index in [-0.39, 0.29) is 8.37 Å². The molecule has 1 rings (SSSR count). The quantitative estimate of drug-likeness (QED) is 0.580. The number of hydrogen-bond donors (Lipinski definition) is 0. The third kappa shape index (κ3) is 3.15. The highest BCUT2D eigenvalue weighted by molar-refractivity contribution is 7.55. The average Bonchev–Trinajstić information content (AvgIpc) is 2.30. The molecule has 1 fully saturated rings. The molecule has 0 aromatic heterocycles. The summed E-state index contributed by atoms with van der Waals surface area (Å²) in [6, 6.07) is 0. The van der Waals surface area contributed by atoms with Gasteiger partial charge in [-0.1, -0.05) is 39.3 Å². The van der Waals surface area contributed by atoms with Crippen LogP contribution in [0.1, 0.15) is 0 Å². The molecule has 0 aliphatic carbocycles. The summed E-state index contributed by atoms with van der Waals surface area (Å²) in [5.41, 5.74) is 0. The van der Waals surface area contributed by atoms with Crippen LogP contribution in [0.3, 0.4) is 0 Å². The topological polar surface area (TPSA) is 9.72 Å². The van der Waals surface area contributed by atoms with E-state index in [4.69, 9.17) is 0 Å². The van der Waals surface area contributed by atoms with E-state index in [9.17, 15) is 0 Å². The summed E-state index contributed by atoms with van der Waals surface area (Å²) in [5.74, 6) is 0. The molecule has 0 bridgehead atoms. The van der Waals surface area contributed by atoms with Crippen molar-refractivity contribution in [1.82, 2.24) is 13.3 Å². The summed E-state index contributed by atoms with van der Waals surface area (Å²) in [6.07, 6.45) is 0. The summed E-state index contributed by atoms with van der Waals surface area (Å²) in [7, 11) is 1.94. The van der Waals surface area contributed by atoms with Crippen molar-refractivity contribution >= 4 is 24.8 Å². The van der Waals surface area contributed by atoms with E-state index in [1.807, 2.05) is 0 Å². The average molecular weight is 278 g/mol. The van der Waals surface area contributed by atoms with Crippen molar-refractivity contribution < 1.29 is 0 Å². The standard InChI is InChI=1S/C10H28N3PSi2/c1-11-9-10-12(2)14(11)13(15(3,4)5)16(6,7)8/h9-10H2,1-8H3. The first-order valence-corrected chi connectivity index (χ1v) is 14.2. The molecule has 0 spiro atoms. The second-order valence-corrected chi connectivity index (χ2v) is 19.8. The number of nitrogens with zero attached hydrogens (tertiary/aromatic N) is 3. The lowest BCUT2D eigenvalue weighted by Gasteiger charge is -2.50. The molecule has 0 radical (unpaired) electrons. The largest absolute Gasteiger partial charge is 0.300 e. The van der Waals surface area contributed by atoms with Gasteiger partial charge in [-0.25, -0.2) is 0 Å². The van der Waals surface area contributed by atoms with Gasteiger partial charge in [0.05, 0.1) is 0 Å². The molecule has 96 valence electrons. The minimum Gasteiger partial charge on any atom is -0.300 e. The minimum atomic E-state index is -1.23. The van der Waals surface area contributed by atoms with E-state index in [0.717, 1.165) is 0 Å². The van der Waals surface area contributed by atoms with E-state index < -0.39 is 16.5 Å². The molecule has 0 amide bonds.